The number of hydrogen-bond donors (Lipinski definition) is 1. The number of hydrogen-bond acceptors (Lipinski definition) is 4. The topological polar surface area (TPSA) is 56.9 Å². The zero-order chi connectivity index (χ0) is 17.5. The van der Waals surface area contributed by atoms with Crippen molar-refractivity contribution in [3.8, 4) is 0 Å². The van der Waals surface area contributed by atoms with E-state index in [2.05, 4.69) is 39.1 Å². The molecule has 1 N–H and O–H groups in total. The molecule has 0 aromatic carbocycles. The average molecular weight is 335 g/mol. The molecule has 0 aliphatic carbocycles. The van der Waals surface area contributed by atoms with E-state index in [1.807, 2.05) is 20.9 Å². The van der Waals surface area contributed by atoms with Crippen molar-refractivity contribution in [3.05, 3.63) is 17.0 Å². The van der Waals surface area contributed by atoms with E-state index in [-0.39, 0.29) is 0 Å². The van der Waals surface area contributed by atoms with Crippen LogP contribution in [0.15, 0.2) is 9.52 Å². The largest absolute Gasteiger partial charge is 0.361 e. The number of aromatic nitrogens is 1. The standard InChI is InChI=1S/C18H33N5O/c1-6-22(7-2)12-16-9-11-23(13-16)18(19-5)20-10-8-17-14(3)21-24-15(17)4/h16H,6-13H2,1-5H3,(H,19,20). The Kier molecular flexibility index (Phi) is 7.09. The van der Waals surface area contributed by atoms with Crippen LogP contribution >= 0.6 is 0 Å². The minimum absolute atomic E-state index is 0.742. The number of aliphatic imine (C=N–C) groups is 1. The van der Waals surface area contributed by atoms with Gasteiger partial charge in [0.15, 0.2) is 5.96 Å². The van der Waals surface area contributed by atoms with Crippen LogP contribution in [0.2, 0.25) is 0 Å². The third-order valence-corrected chi connectivity index (χ3v) is 5.05. The normalized spacial score (nSPS) is 18.7. The van der Waals surface area contributed by atoms with Crippen molar-refractivity contribution in [2.45, 2.75) is 40.5 Å². The molecule has 1 aromatic heterocycles. The van der Waals surface area contributed by atoms with E-state index >= 15 is 0 Å². The highest BCUT2D eigenvalue weighted by molar-refractivity contribution is 5.80. The van der Waals surface area contributed by atoms with Crippen LogP contribution in [-0.4, -0.2) is 67.2 Å². The van der Waals surface area contributed by atoms with Crippen LogP contribution in [0.1, 0.15) is 37.3 Å². The Balaban J connectivity index is 1.80. The summed E-state index contributed by atoms with van der Waals surface area (Å²) in [5, 5.41) is 7.52. The Labute approximate surface area is 146 Å². The number of aryl methyl sites for hydroxylation is 2. The van der Waals surface area contributed by atoms with Gasteiger partial charge in [-0.15, -0.1) is 0 Å². The Bertz CT molecular complexity index is 516. The van der Waals surface area contributed by atoms with Crippen molar-refractivity contribution >= 4 is 5.96 Å². The van der Waals surface area contributed by atoms with E-state index in [9.17, 15) is 0 Å². The Morgan fingerprint density at radius 2 is 2.12 bits per heavy atom. The van der Waals surface area contributed by atoms with Gasteiger partial charge in [0.1, 0.15) is 5.76 Å². The quantitative estimate of drug-likeness (QED) is 0.611. The van der Waals surface area contributed by atoms with Crippen molar-refractivity contribution in [1.82, 2.24) is 20.3 Å². The van der Waals surface area contributed by atoms with Gasteiger partial charge in [-0.25, -0.2) is 0 Å². The second-order valence-electron chi connectivity index (χ2n) is 6.61. The molecule has 1 aromatic rings. The van der Waals surface area contributed by atoms with Gasteiger partial charge < -0.3 is 19.6 Å². The fraction of sp³-hybridized carbons (Fsp3) is 0.778. The molecule has 1 atom stereocenters. The second kappa shape index (κ2) is 9.06. The molecule has 1 aliphatic heterocycles. The van der Waals surface area contributed by atoms with Crippen LogP contribution in [-0.2, 0) is 6.42 Å². The molecule has 0 amide bonds. The molecule has 1 aliphatic rings. The fourth-order valence-corrected chi connectivity index (χ4v) is 3.51. The van der Waals surface area contributed by atoms with Crippen molar-refractivity contribution in [3.63, 3.8) is 0 Å². The van der Waals surface area contributed by atoms with Crippen molar-refractivity contribution in [2.75, 3.05) is 46.3 Å². The average Bonchev–Trinajstić information content (AvgIpc) is 3.17. The lowest BCUT2D eigenvalue weighted by Gasteiger charge is -2.24. The Hall–Kier alpha value is -1.56. The molecule has 6 heteroatoms. The third-order valence-electron chi connectivity index (χ3n) is 5.05. The SMILES string of the molecule is CCN(CC)CC1CCN(C(=NC)NCCc2c(C)noc2C)C1. The summed E-state index contributed by atoms with van der Waals surface area (Å²) in [6.07, 6.45) is 2.16. The lowest BCUT2D eigenvalue weighted by Crippen LogP contribution is -2.41. The van der Waals surface area contributed by atoms with Crippen molar-refractivity contribution in [1.29, 1.82) is 0 Å². The second-order valence-corrected chi connectivity index (χ2v) is 6.61. The molecule has 0 spiro atoms. The van der Waals surface area contributed by atoms with Crippen molar-refractivity contribution < 1.29 is 4.52 Å². The van der Waals surface area contributed by atoms with Crippen LogP contribution in [0.5, 0.6) is 0 Å². The molecule has 2 heterocycles. The van der Waals surface area contributed by atoms with E-state index in [1.165, 1.54) is 18.5 Å². The first-order chi connectivity index (χ1) is 11.6. The summed E-state index contributed by atoms with van der Waals surface area (Å²) in [5.74, 6) is 2.68. The van der Waals surface area contributed by atoms with Gasteiger partial charge in [0, 0.05) is 38.8 Å². The Morgan fingerprint density at radius 1 is 1.38 bits per heavy atom. The molecule has 2 rings (SSSR count). The fourth-order valence-electron chi connectivity index (χ4n) is 3.51. The molecule has 24 heavy (non-hydrogen) atoms. The number of guanidine groups is 1. The van der Waals surface area contributed by atoms with E-state index < -0.39 is 0 Å². The molecule has 6 nitrogen and oxygen atoms in total. The first-order valence-corrected chi connectivity index (χ1v) is 9.18. The highest BCUT2D eigenvalue weighted by atomic mass is 16.5. The molecular formula is C18H33N5O. The third kappa shape index (κ3) is 4.72. The van der Waals surface area contributed by atoms with Crippen LogP contribution < -0.4 is 5.32 Å². The summed E-state index contributed by atoms with van der Waals surface area (Å²) in [5.41, 5.74) is 2.20. The van der Waals surface area contributed by atoms with E-state index in [1.54, 1.807) is 0 Å². The van der Waals surface area contributed by atoms with Crippen LogP contribution in [0.25, 0.3) is 0 Å². The molecule has 0 radical (unpaired) electrons. The van der Waals surface area contributed by atoms with Gasteiger partial charge in [-0.05, 0) is 45.7 Å². The smallest absolute Gasteiger partial charge is 0.193 e. The summed E-state index contributed by atoms with van der Waals surface area (Å²) in [6.45, 7) is 15.0. The maximum Gasteiger partial charge on any atom is 0.193 e. The van der Waals surface area contributed by atoms with E-state index in [4.69, 9.17) is 4.52 Å². The number of nitrogens with one attached hydrogen (secondary N) is 1. The lowest BCUT2D eigenvalue weighted by atomic mass is 10.1. The van der Waals surface area contributed by atoms with Gasteiger partial charge in [-0.2, -0.15) is 0 Å². The molecular weight excluding hydrogens is 302 g/mol. The van der Waals surface area contributed by atoms with Crippen LogP contribution in [0, 0.1) is 19.8 Å². The van der Waals surface area contributed by atoms with Gasteiger partial charge in [0.2, 0.25) is 0 Å². The summed E-state index contributed by atoms with van der Waals surface area (Å²) < 4.78 is 5.23. The van der Waals surface area contributed by atoms with E-state index in [0.717, 1.165) is 62.5 Å². The Morgan fingerprint density at radius 3 is 2.71 bits per heavy atom. The molecule has 0 saturated carbocycles. The van der Waals surface area contributed by atoms with Gasteiger partial charge in [0.25, 0.3) is 0 Å². The monoisotopic (exact) mass is 335 g/mol. The summed E-state index contributed by atoms with van der Waals surface area (Å²) >= 11 is 0. The minimum Gasteiger partial charge on any atom is -0.361 e. The maximum absolute atomic E-state index is 5.23. The van der Waals surface area contributed by atoms with Crippen LogP contribution in [0.3, 0.4) is 0 Å². The predicted molar refractivity (Wildman–Crippen MR) is 98.5 cm³/mol. The number of nitrogens with zero attached hydrogens (tertiary/aromatic N) is 4. The highest BCUT2D eigenvalue weighted by Gasteiger charge is 2.25. The zero-order valence-corrected chi connectivity index (χ0v) is 15.9. The van der Waals surface area contributed by atoms with Gasteiger partial charge >= 0.3 is 0 Å². The first-order valence-electron chi connectivity index (χ1n) is 9.18. The van der Waals surface area contributed by atoms with Gasteiger partial charge in [-0.1, -0.05) is 19.0 Å². The first kappa shape index (κ1) is 18.8. The molecule has 1 fully saturated rings. The van der Waals surface area contributed by atoms with Gasteiger partial charge in [-0.3, -0.25) is 4.99 Å². The molecule has 136 valence electrons. The zero-order valence-electron chi connectivity index (χ0n) is 15.9. The summed E-state index contributed by atoms with van der Waals surface area (Å²) in [4.78, 5) is 9.37. The number of likely N-dealkylation sites (tertiary alicyclic amines) is 1. The van der Waals surface area contributed by atoms with Crippen LogP contribution in [0.4, 0.5) is 0 Å². The van der Waals surface area contributed by atoms with Crippen molar-refractivity contribution in [2.24, 2.45) is 10.9 Å². The molecule has 1 unspecified atom stereocenters. The summed E-state index contributed by atoms with van der Waals surface area (Å²) in [7, 11) is 1.87. The highest BCUT2D eigenvalue weighted by Crippen LogP contribution is 2.18. The number of rotatable bonds is 7. The predicted octanol–water partition coefficient (Wildman–Crippen LogP) is 2.07. The maximum atomic E-state index is 5.23. The van der Waals surface area contributed by atoms with Gasteiger partial charge in [0.05, 0.1) is 5.69 Å². The lowest BCUT2D eigenvalue weighted by molar-refractivity contribution is 0.255. The minimum atomic E-state index is 0.742. The molecule has 0 bridgehead atoms. The van der Waals surface area contributed by atoms with E-state index in [0.29, 0.717) is 0 Å². The molecule has 1 saturated heterocycles. The summed E-state index contributed by atoms with van der Waals surface area (Å²) in [6, 6.07) is 0.